The minimum absolute atomic E-state index is 0.00167. The van der Waals surface area contributed by atoms with Gasteiger partial charge >= 0.3 is 0 Å². The van der Waals surface area contributed by atoms with Crippen LogP contribution in [0.1, 0.15) is 30.1 Å². The van der Waals surface area contributed by atoms with Crippen LogP contribution in [0.15, 0.2) is 18.2 Å². The smallest absolute Gasteiger partial charge is 0.257 e. The van der Waals surface area contributed by atoms with Gasteiger partial charge in [0.2, 0.25) is 0 Å². The molecule has 0 atom stereocenters. The van der Waals surface area contributed by atoms with Gasteiger partial charge in [0, 0.05) is 37.9 Å². The van der Waals surface area contributed by atoms with Crippen LogP contribution < -0.4 is 10.5 Å². The summed E-state index contributed by atoms with van der Waals surface area (Å²) < 4.78 is 5.28. The van der Waals surface area contributed by atoms with Gasteiger partial charge in [0.05, 0.1) is 12.7 Å². The maximum atomic E-state index is 12.7. The van der Waals surface area contributed by atoms with E-state index >= 15 is 0 Å². The number of methoxy groups -OCH3 is 1. The molecular formula is C16H25N3O2. The zero-order valence-electron chi connectivity index (χ0n) is 13.1. The largest absolute Gasteiger partial charge is 0.496 e. The molecular weight excluding hydrogens is 266 g/mol. The van der Waals surface area contributed by atoms with Crippen molar-refractivity contribution in [3.63, 3.8) is 0 Å². The SMILES string of the molecule is CCN1CCC(N(C)C(=O)c2ccc(N)cc2OC)CC1. The van der Waals surface area contributed by atoms with Crippen molar-refractivity contribution < 1.29 is 9.53 Å². The fourth-order valence-corrected chi connectivity index (χ4v) is 2.86. The number of piperidine rings is 1. The Bertz CT molecular complexity index is 496. The van der Waals surface area contributed by atoms with E-state index in [1.807, 2.05) is 11.9 Å². The number of likely N-dealkylation sites (tertiary alicyclic amines) is 1. The van der Waals surface area contributed by atoms with E-state index in [0.29, 0.717) is 23.0 Å². The van der Waals surface area contributed by atoms with Crippen LogP contribution in [0.4, 0.5) is 5.69 Å². The van der Waals surface area contributed by atoms with Crippen LogP contribution >= 0.6 is 0 Å². The van der Waals surface area contributed by atoms with E-state index in [0.717, 1.165) is 32.5 Å². The first-order valence-corrected chi connectivity index (χ1v) is 7.49. The van der Waals surface area contributed by atoms with Crippen molar-refractivity contribution in [1.82, 2.24) is 9.80 Å². The summed E-state index contributed by atoms with van der Waals surface area (Å²) in [5.74, 6) is 0.541. The Kier molecular flexibility index (Phi) is 5.07. The lowest BCUT2D eigenvalue weighted by Gasteiger charge is -2.36. The number of nitrogen functional groups attached to an aromatic ring is 1. The summed E-state index contributed by atoms with van der Waals surface area (Å²) in [6.07, 6.45) is 2.04. The van der Waals surface area contributed by atoms with Crippen LogP contribution in [0.3, 0.4) is 0 Å². The number of benzene rings is 1. The molecule has 0 saturated carbocycles. The number of anilines is 1. The van der Waals surface area contributed by atoms with Crippen LogP contribution in [-0.4, -0.2) is 55.5 Å². The number of rotatable bonds is 4. The van der Waals surface area contributed by atoms with E-state index in [1.165, 1.54) is 0 Å². The summed E-state index contributed by atoms with van der Waals surface area (Å²) in [5, 5.41) is 0. The highest BCUT2D eigenvalue weighted by atomic mass is 16.5. The average Bonchev–Trinajstić information content (AvgIpc) is 2.53. The number of nitrogens with two attached hydrogens (primary N) is 1. The fourth-order valence-electron chi connectivity index (χ4n) is 2.86. The standard InChI is InChI=1S/C16H25N3O2/c1-4-19-9-7-13(8-10-19)18(2)16(20)14-6-5-12(17)11-15(14)21-3/h5-6,11,13H,4,7-10,17H2,1-3H3. The van der Waals surface area contributed by atoms with Crippen molar-refractivity contribution >= 4 is 11.6 Å². The number of amides is 1. The highest BCUT2D eigenvalue weighted by molar-refractivity contribution is 5.97. The zero-order chi connectivity index (χ0) is 15.4. The van der Waals surface area contributed by atoms with Gasteiger partial charge in [-0.05, 0) is 31.5 Å². The monoisotopic (exact) mass is 291 g/mol. The van der Waals surface area contributed by atoms with Crippen LogP contribution in [0, 0.1) is 0 Å². The molecule has 21 heavy (non-hydrogen) atoms. The Balaban J connectivity index is 2.09. The van der Waals surface area contributed by atoms with Crippen molar-refractivity contribution in [3.05, 3.63) is 23.8 Å². The van der Waals surface area contributed by atoms with Gasteiger partial charge in [0.15, 0.2) is 0 Å². The third kappa shape index (κ3) is 3.47. The zero-order valence-corrected chi connectivity index (χ0v) is 13.1. The van der Waals surface area contributed by atoms with Gasteiger partial charge in [-0.3, -0.25) is 4.79 Å². The third-order valence-electron chi connectivity index (χ3n) is 4.33. The summed E-state index contributed by atoms with van der Waals surface area (Å²) >= 11 is 0. The third-order valence-corrected chi connectivity index (χ3v) is 4.33. The van der Waals surface area contributed by atoms with Crippen molar-refractivity contribution in [1.29, 1.82) is 0 Å². The molecule has 0 aliphatic carbocycles. The molecule has 0 spiro atoms. The van der Waals surface area contributed by atoms with Gasteiger partial charge in [-0.2, -0.15) is 0 Å². The van der Waals surface area contributed by atoms with E-state index in [4.69, 9.17) is 10.5 Å². The van der Waals surface area contributed by atoms with Crippen LogP contribution in [0.25, 0.3) is 0 Å². The van der Waals surface area contributed by atoms with Crippen molar-refractivity contribution in [2.45, 2.75) is 25.8 Å². The van der Waals surface area contributed by atoms with Crippen LogP contribution in [0.5, 0.6) is 5.75 Å². The second-order valence-electron chi connectivity index (χ2n) is 5.54. The van der Waals surface area contributed by atoms with Crippen LogP contribution in [-0.2, 0) is 0 Å². The molecule has 1 fully saturated rings. The molecule has 0 aromatic heterocycles. The van der Waals surface area contributed by atoms with Gasteiger partial charge in [-0.25, -0.2) is 0 Å². The van der Waals surface area contributed by atoms with E-state index in [9.17, 15) is 4.79 Å². The maximum absolute atomic E-state index is 12.7. The minimum Gasteiger partial charge on any atom is -0.496 e. The molecule has 1 aromatic carbocycles. The number of ether oxygens (including phenoxy) is 1. The van der Waals surface area contributed by atoms with Gasteiger partial charge in [-0.15, -0.1) is 0 Å². The molecule has 1 aromatic rings. The summed E-state index contributed by atoms with van der Waals surface area (Å²) in [5.41, 5.74) is 6.92. The van der Waals surface area contributed by atoms with E-state index < -0.39 is 0 Å². The van der Waals surface area contributed by atoms with Gasteiger partial charge in [0.25, 0.3) is 5.91 Å². The highest BCUT2D eigenvalue weighted by Gasteiger charge is 2.26. The lowest BCUT2D eigenvalue weighted by molar-refractivity contribution is 0.0643. The molecule has 2 N–H and O–H groups in total. The predicted octanol–water partition coefficient (Wildman–Crippen LogP) is 1.83. The Morgan fingerprint density at radius 3 is 2.67 bits per heavy atom. The first-order chi connectivity index (χ1) is 10.1. The number of nitrogens with zero attached hydrogens (tertiary/aromatic N) is 2. The summed E-state index contributed by atoms with van der Waals surface area (Å²) in [4.78, 5) is 16.9. The molecule has 0 bridgehead atoms. The molecule has 1 saturated heterocycles. The van der Waals surface area contributed by atoms with E-state index in [2.05, 4.69) is 11.8 Å². The topological polar surface area (TPSA) is 58.8 Å². The molecule has 5 heteroatoms. The van der Waals surface area contributed by atoms with Gasteiger partial charge < -0.3 is 20.3 Å². The molecule has 0 unspecified atom stereocenters. The van der Waals surface area contributed by atoms with E-state index in [-0.39, 0.29) is 5.91 Å². The van der Waals surface area contributed by atoms with Gasteiger partial charge in [-0.1, -0.05) is 6.92 Å². The predicted molar refractivity (Wildman–Crippen MR) is 84.6 cm³/mol. The number of carbonyl (C=O) groups is 1. The number of hydrogen-bond donors (Lipinski definition) is 1. The second kappa shape index (κ2) is 6.80. The van der Waals surface area contributed by atoms with Crippen molar-refractivity contribution in [2.24, 2.45) is 0 Å². The molecule has 1 amide bonds. The Morgan fingerprint density at radius 1 is 1.43 bits per heavy atom. The summed E-state index contributed by atoms with van der Waals surface area (Å²) in [7, 11) is 3.44. The van der Waals surface area contributed by atoms with Gasteiger partial charge in [0.1, 0.15) is 5.75 Å². The van der Waals surface area contributed by atoms with Crippen molar-refractivity contribution in [3.8, 4) is 5.75 Å². The Hall–Kier alpha value is -1.75. The Morgan fingerprint density at radius 2 is 2.10 bits per heavy atom. The first-order valence-electron chi connectivity index (χ1n) is 7.49. The maximum Gasteiger partial charge on any atom is 0.257 e. The molecule has 0 radical (unpaired) electrons. The first kappa shape index (κ1) is 15.6. The molecule has 1 aliphatic heterocycles. The molecule has 2 rings (SSSR count). The quantitative estimate of drug-likeness (QED) is 0.860. The normalized spacial score (nSPS) is 16.7. The number of hydrogen-bond acceptors (Lipinski definition) is 4. The van der Waals surface area contributed by atoms with E-state index in [1.54, 1.807) is 25.3 Å². The minimum atomic E-state index is 0.00167. The molecule has 1 heterocycles. The summed E-state index contributed by atoms with van der Waals surface area (Å²) in [6, 6.07) is 5.47. The summed E-state index contributed by atoms with van der Waals surface area (Å²) in [6.45, 7) is 5.36. The average molecular weight is 291 g/mol. The molecule has 1 aliphatic rings. The number of carbonyl (C=O) groups excluding carboxylic acids is 1. The lowest BCUT2D eigenvalue weighted by Crippen LogP contribution is -2.45. The molecule has 116 valence electrons. The highest BCUT2D eigenvalue weighted by Crippen LogP contribution is 2.25. The fraction of sp³-hybridized carbons (Fsp3) is 0.562. The Labute approximate surface area is 126 Å². The second-order valence-corrected chi connectivity index (χ2v) is 5.54. The lowest BCUT2D eigenvalue weighted by atomic mass is 10.0. The molecule has 5 nitrogen and oxygen atoms in total. The van der Waals surface area contributed by atoms with Crippen molar-refractivity contribution in [2.75, 3.05) is 39.5 Å². The van der Waals surface area contributed by atoms with Crippen LogP contribution in [0.2, 0.25) is 0 Å².